The lowest BCUT2D eigenvalue weighted by molar-refractivity contribution is 0.0822. The van der Waals surface area contributed by atoms with Gasteiger partial charge >= 0.3 is 0 Å². The van der Waals surface area contributed by atoms with Crippen molar-refractivity contribution in [1.82, 2.24) is 29.1 Å². The van der Waals surface area contributed by atoms with Crippen molar-refractivity contribution in [3.63, 3.8) is 0 Å². The zero-order chi connectivity index (χ0) is 23.4. The lowest BCUT2D eigenvalue weighted by atomic mass is 9.98. The molecule has 0 saturated heterocycles. The van der Waals surface area contributed by atoms with E-state index in [9.17, 15) is 4.39 Å². The van der Waals surface area contributed by atoms with Gasteiger partial charge in [-0.25, -0.2) is 19.3 Å². The molecule has 1 atom stereocenters. The summed E-state index contributed by atoms with van der Waals surface area (Å²) in [6, 6.07) is 22.6. The van der Waals surface area contributed by atoms with E-state index in [1.807, 2.05) is 69.8 Å². The Morgan fingerprint density at radius 2 is 1.71 bits per heavy atom. The van der Waals surface area contributed by atoms with E-state index in [4.69, 9.17) is 14.7 Å². The van der Waals surface area contributed by atoms with Crippen LogP contribution in [-0.4, -0.2) is 35.7 Å². The Labute approximate surface area is 199 Å². The van der Waals surface area contributed by atoms with Crippen LogP contribution in [0.4, 0.5) is 4.39 Å². The van der Waals surface area contributed by atoms with E-state index in [-0.39, 0.29) is 18.5 Å². The molecule has 0 N–H and O–H groups in total. The number of para-hydroxylation sites is 2. The van der Waals surface area contributed by atoms with Gasteiger partial charge < -0.3 is 4.74 Å². The van der Waals surface area contributed by atoms with Gasteiger partial charge in [-0.15, -0.1) is 0 Å². The van der Waals surface area contributed by atoms with Crippen LogP contribution in [0, 0.1) is 5.82 Å². The Morgan fingerprint density at radius 1 is 0.857 bits per heavy atom. The molecule has 4 heterocycles. The smallest absolute Gasteiger partial charge is 0.237 e. The largest absolute Gasteiger partial charge is 0.374 e. The molecule has 35 heavy (non-hydrogen) atoms. The summed E-state index contributed by atoms with van der Waals surface area (Å²) in [5.74, 6) is 0.953. The Kier molecular flexibility index (Phi) is 4.46. The molecule has 0 radical (unpaired) electrons. The number of imidazole rings is 2. The van der Waals surface area contributed by atoms with Crippen molar-refractivity contribution in [3.8, 4) is 17.3 Å². The van der Waals surface area contributed by atoms with E-state index in [1.165, 1.54) is 6.07 Å². The van der Waals surface area contributed by atoms with Crippen LogP contribution in [0.25, 0.3) is 39.5 Å². The van der Waals surface area contributed by atoms with E-state index in [1.54, 1.807) is 18.6 Å². The Balaban J connectivity index is 1.50. The van der Waals surface area contributed by atoms with E-state index < -0.39 is 0 Å². The summed E-state index contributed by atoms with van der Waals surface area (Å²) in [6.07, 6.45) is 3.45. The summed E-state index contributed by atoms with van der Waals surface area (Å²) in [4.78, 5) is 18.9. The molecule has 3 aromatic carbocycles. The molecular weight excluding hydrogens is 443 g/mol. The summed E-state index contributed by atoms with van der Waals surface area (Å²) < 4.78 is 24.5. The molecule has 1 aliphatic heterocycles. The van der Waals surface area contributed by atoms with Crippen molar-refractivity contribution in [3.05, 3.63) is 102 Å². The molecule has 1 aliphatic rings. The third-order valence-electron chi connectivity index (χ3n) is 6.47. The van der Waals surface area contributed by atoms with E-state index in [2.05, 4.69) is 9.97 Å². The SMILES string of the molecule is Fc1cccc2c1COC[C@H]2n1c(-c2ccccc2)nc2cnc(-n3cnc4ccccc43)nc21. The van der Waals surface area contributed by atoms with Gasteiger partial charge in [0.15, 0.2) is 5.65 Å². The summed E-state index contributed by atoms with van der Waals surface area (Å²) >= 11 is 0. The van der Waals surface area contributed by atoms with Gasteiger partial charge in [-0.1, -0.05) is 54.6 Å². The highest BCUT2D eigenvalue weighted by atomic mass is 19.1. The molecule has 0 fully saturated rings. The van der Waals surface area contributed by atoms with Gasteiger partial charge in [0.25, 0.3) is 0 Å². The van der Waals surface area contributed by atoms with E-state index in [0.29, 0.717) is 29.3 Å². The van der Waals surface area contributed by atoms with Gasteiger partial charge in [-0.05, 0) is 23.8 Å². The molecule has 3 aromatic heterocycles. The van der Waals surface area contributed by atoms with Crippen LogP contribution in [-0.2, 0) is 11.3 Å². The molecular formula is C27H19FN6O. The molecule has 6 aromatic rings. The monoisotopic (exact) mass is 462 g/mol. The molecule has 7 rings (SSSR count). The van der Waals surface area contributed by atoms with Crippen LogP contribution in [0.15, 0.2) is 85.3 Å². The third-order valence-corrected chi connectivity index (χ3v) is 6.47. The lowest BCUT2D eigenvalue weighted by Gasteiger charge is -2.28. The van der Waals surface area contributed by atoms with Crippen LogP contribution in [0.5, 0.6) is 0 Å². The van der Waals surface area contributed by atoms with Crippen molar-refractivity contribution in [2.45, 2.75) is 12.6 Å². The Hall–Kier alpha value is -4.43. The molecule has 0 aliphatic carbocycles. The van der Waals surface area contributed by atoms with Crippen molar-refractivity contribution in [1.29, 1.82) is 0 Å². The number of aromatic nitrogens is 6. The number of hydrogen-bond acceptors (Lipinski definition) is 5. The predicted molar refractivity (Wildman–Crippen MR) is 130 cm³/mol. The van der Waals surface area contributed by atoms with Crippen molar-refractivity contribution < 1.29 is 9.13 Å². The zero-order valence-electron chi connectivity index (χ0n) is 18.5. The van der Waals surface area contributed by atoms with E-state index >= 15 is 0 Å². The number of rotatable bonds is 3. The van der Waals surface area contributed by atoms with Gasteiger partial charge in [0.1, 0.15) is 23.5 Å². The fraction of sp³-hybridized carbons (Fsp3) is 0.111. The fourth-order valence-electron chi connectivity index (χ4n) is 4.82. The van der Waals surface area contributed by atoms with Gasteiger partial charge in [0.2, 0.25) is 5.95 Å². The summed E-state index contributed by atoms with van der Waals surface area (Å²) in [5.41, 5.74) is 5.45. The fourth-order valence-corrected chi connectivity index (χ4v) is 4.82. The highest BCUT2D eigenvalue weighted by molar-refractivity contribution is 5.79. The highest BCUT2D eigenvalue weighted by Gasteiger charge is 2.29. The normalized spacial score (nSPS) is 15.5. The predicted octanol–water partition coefficient (Wildman–Crippen LogP) is 5.09. The second-order valence-corrected chi connectivity index (χ2v) is 8.49. The van der Waals surface area contributed by atoms with Crippen LogP contribution in [0.2, 0.25) is 0 Å². The average molecular weight is 462 g/mol. The molecule has 0 amide bonds. The first-order valence-corrected chi connectivity index (χ1v) is 11.4. The summed E-state index contributed by atoms with van der Waals surface area (Å²) in [6.45, 7) is 0.627. The Bertz CT molecular complexity index is 1710. The molecule has 0 saturated carbocycles. The van der Waals surface area contributed by atoms with Crippen LogP contribution >= 0.6 is 0 Å². The number of nitrogens with zero attached hydrogens (tertiary/aromatic N) is 6. The first-order valence-electron chi connectivity index (χ1n) is 11.4. The van der Waals surface area contributed by atoms with Crippen molar-refractivity contribution >= 4 is 22.2 Å². The average Bonchev–Trinajstić information content (AvgIpc) is 3.51. The molecule has 0 unspecified atom stereocenters. The van der Waals surface area contributed by atoms with Gasteiger partial charge in [-0.3, -0.25) is 9.13 Å². The maximum absolute atomic E-state index is 14.7. The number of fused-ring (bicyclic) bond motifs is 3. The first kappa shape index (κ1) is 20.0. The van der Waals surface area contributed by atoms with Gasteiger partial charge in [-0.2, -0.15) is 4.98 Å². The minimum Gasteiger partial charge on any atom is -0.374 e. The minimum absolute atomic E-state index is 0.243. The second-order valence-electron chi connectivity index (χ2n) is 8.49. The number of benzene rings is 3. The standard InChI is InChI=1S/C27H19FN6O/c28-20-10-6-9-18-19(20)14-35-15-24(18)34-25(17-7-2-1-3-8-17)31-22-13-29-27(32-26(22)34)33-16-30-21-11-4-5-12-23(21)33/h1-13,16,24H,14-15H2/t24-/m1/s1. The van der Waals surface area contributed by atoms with Gasteiger partial charge in [0.05, 0.1) is 36.5 Å². The third kappa shape index (κ3) is 3.14. The maximum Gasteiger partial charge on any atom is 0.237 e. The number of hydrogen-bond donors (Lipinski definition) is 0. The van der Waals surface area contributed by atoms with Crippen molar-refractivity contribution in [2.75, 3.05) is 6.61 Å². The quantitative estimate of drug-likeness (QED) is 0.366. The molecule has 170 valence electrons. The number of halogens is 1. The Morgan fingerprint density at radius 3 is 2.63 bits per heavy atom. The number of ether oxygens (including phenoxy) is 1. The van der Waals surface area contributed by atoms with Crippen LogP contribution in [0.3, 0.4) is 0 Å². The van der Waals surface area contributed by atoms with Crippen LogP contribution in [0.1, 0.15) is 17.2 Å². The van der Waals surface area contributed by atoms with Gasteiger partial charge in [0, 0.05) is 11.1 Å². The second kappa shape index (κ2) is 7.82. The summed E-state index contributed by atoms with van der Waals surface area (Å²) in [7, 11) is 0. The van der Waals surface area contributed by atoms with Crippen molar-refractivity contribution in [2.24, 2.45) is 0 Å². The van der Waals surface area contributed by atoms with Crippen LogP contribution < -0.4 is 0 Å². The molecule has 0 spiro atoms. The topological polar surface area (TPSA) is 70.7 Å². The highest BCUT2D eigenvalue weighted by Crippen LogP contribution is 2.36. The zero-order valence-corrected chi connectivity index (χ0v) is 18.5. The summed E-state index contributed by atoms with van der Waals surface area (Å²) in [5, 5.41) is 0. The molecule has 8 heteroatoms. The maximum atomic E-state index is 14.7. The first-order chi connectivity index (χ1) is 17.3. The minimum atomic E-state index is -0.295. The van der Waals surface area contributed by atoms with E-state index in [0.717, 1.165) is 28.0 Å². The molecule has 0 bridgehead atoms. The molecule has 7 nitrogen and oxygen atoms in total. The lowest BCUT2D eigenvalue weighted by Crippen LogP contribution is -2.25.